The molecule has 1 unspecified atom stereocenters. The number of allylic oxidation sites excluding steroid dienone is 1. The number of halogens is 4. The molecule has 2 aromatic rings. The SMILES string of the molecule is C=CCC(C)[C@@]1(C(=O)O)[C@@H](C(C)(C)C)[C@H](OCc2cc(C(F)(F)F)cnc2OC)[C@H](c2cc(Cl)ccc2C)N1C(=O)O. The van der Waals surface area contributed by atoms with Crippen molar-refractivity contribution in [3.63, 3.8) is 0 Å². The van der Waals surface area contributed by atoms with Crippen molar-refractivity contribution in [1.29, 1.82) is 0 Å². The fraction of sp³-hybridized carbons (Fsp3) is 0.500. The molecule has 1 amide bonds. The van der Waals surface area contributed by atoms with E-state index in [1.54, 1.807) is 52.8 Å². The Labute approximate surface area is 248 Å². The minimum absolute atomic E-state index is 0.0320. The minimum atomic E-state index is -4.69. The van der Waals surface area contributed by atoms with Gasteiger partial charge in [0.2, 0.25) is 5.88 Å². The number of amides is 1. The first-order valence-electron chi connectivity index (χ1n) is 13.3. The summed E-state index contributed by atoms with van der Waals surface area (Å²) in [7, 11) is 1.25. The maximum Gasteiger partial charge on any atom is 0.417 e. The summed E-state index contributed by atoms with van der Waals surface area (Å²) >= 11 is 6.35. The summed E-state index contributed by atoms with van der Waals surface area (Å²) < 4.78 is 52.2. The number of aliphatic carboxylic acids is 1. The number of ether oxygens (including phenoxy) is 2. The molecular formula is C30H36ClF3N2O6. The van der Waals surface area contributed by atoms with Crippen molar-refractivity contribution in [2.45, 2.75) is 71.5 Å². The van der Waals surface area contributed by atoms with Crippen molar-refractivity contribution >= 4 is 23.7 Å². The Bertz CT molecular complexity index is 1350. The number of pyridine rings is 1. The number of rotatable bonds is 9. The number of likely N-dealkylation sites (tertiary alicyclic amines) is 1. The first-order valence-corrected chi connectivity index (χ1v) is 13.6. The lowest BCUT2D eigenvalue weighted by Crippen LogP contribution is -2.63. The van der Waals surface area contributed by atoms with Crippen LogP contribution in [0.15, 0.2) is 43.1 Å². The van der Waals surface area contributed by atoms with E-state index in [-0.39, 0.29) is 17.9 Å². The minimum Gasteiger partial charge on any atom is -0.481 e. The third-order valence-corrected chi connectivity index (χ3v) is 8.22. The molecule has 1 saturated heterocycles. The molecule has 2 heterocycles. The predicted octanol–water partition coefficient (Wildman–Crippen LogP) is 7.39. The summed E-state index contributed by atoms with van der Waals surface area (Å²) in [5, 5.41) is 21.9. The van der Waals surface area contributed by atoms with Gasteiger partial charge in [-0.25, -0.2) is 14.6 Å². The lowest BCUT2D eigenvalue weighted by Gasteiger charge is -2.47. The Balaban J connectivity index is 2.35. The second-order valence-corrected chi connectivity index (χ2v) is 12.1. The first-order chi connectivity index (χ1) is 19.4. The van der Waals surface area contributed by atoms with Crippen LogP contribution in [0.5, 0.6) is 5.88 Å². The quantitative estimate of drug-likeness (QED) is 0.284. The number of carboxylic acids is 1. The van der Waals surface area contributed by atoms with Gasteiger partial charge in [-0.15, -0.1) is 6.58 Å². The summed E-state index contributed by atoms with van der Waals surface area (Å²) in [6.07, 6.45) is -4.97. The van der Waals surface area contributed by atoms with Gasteiger partial charge < -0.3 is 19.7 Å². The van der Waals surface area contributed by atoms with Gasteiger partial charge in [0, 0.05) is 22.7 Å². The number of carboxylic acid groups (broad SMARTS) is 2. The molecule has 8 nitrogen and oxygen atoms in total. The molecule has 0 aliphatic carbocycles. The molecule has 0 bridgehead atoms. The highest BCUT2D eigenvalue weighted by Gasteiger charge is 2.70. The van der Waals surface area contributed by atoms with Gasteiger partial charge in [0.1, 0.15) is 0 Å². The van der Waals surface area contributed by atoms with E-state index < -0.39 is 65.3 Å². The topological polar surface area (TPSA) is 109 Å². The molecule has 0 spiro atoms. The van der Waals surface area contributed by atoms with E-state index in [0.29, 0.717) is 22.3 Å². The molecule has 3 rings (SSSR count). The Morgan fingerprint density at radius 3 is 2.38 bits per heavy atom. The number of aromatic nitrogens is 1. The Hall–Kier alpha value is -3.31. The van der Waals surface area contributed by atoms with E-state index in [1.807, 2.05) is 0 Å². The van der Waals surface area contributed by atoms with Gasteiger partial charge in [-0.05, 0) is 54.0 Å². The van der Waals surface area contributed by atoms with Crippen molar-refractivity contribution in [3.8, 4) is 5.88 Å². The standard InChI is InChI=1S/C30H36ClF3N2O6/c1-8-9-17(3)29(26(37)38)24(28(4,5)6)23(22(36(29)27(39)40)21-13-20(31)11-10-16(21)2)42-15-18-12-19(30(32,33)34)14-35-25(18)41-7/h8,10-14,17,22-24H,1,9,15H2,2-7H3,(H,37,38)(H,39,40)/t17?,22-,23+,24+,29-/m0/s1. The van der Waals surface area contributed by atoms with Gasteiger partial charge in [0.05, 0.1) is 31.4 Å². The van der Waals surface area contributed by atoms with Crippen LogP contribution in [0, 0.1) is 24.2 Å². The highest BCUT2D eigenvalue weighted by molar-refractivity contribution is 6.30. The van der Waals surface area contributed by atoms with Crippen LogP contribution in [-0.2, 0) is 22.3 Å². The van der Waals surface area contributed by atoms with Crippen molar-refractivity contribution in [3.05, 3.63) is 70.4 Å². The normalized spacial score (nSPS) is 23.5. The maximum absolute atomic E-state index is 13.5. The Morgan fingerprint density at radius 1 is 1.24 bits per heavy atom. The van der Waals surface area contributed by atoms with E-state index in [2.05, 4.69) is 11.6 Å². The summed E-state index contributed by atoms with van der Waals surface area (Å²) in [4.78, 5) is 31.3. The van der Waals surface area contributed by atoms with Gasteiger partial charge in [-0.1, -0.05) is 51.4 Å². The number of hydrogen-bond acceptors (Lipinski definition) is 5. The number of aryl methyl sites for hydroxylation is 1. The summed E-state index contributed by atoms with van der Waals surface area (Å²) in [6, 6.07) is 4.55. The lowest BCUT2D eigenvalue weighted by atomic mass is 9.62. The monoisotopic (exact) mass is 612 g/mol. The summed E-state index contributed by atoms with van der Waals surface area (Å²) in [5.41, 5.74) is -2.88. The number of alkyl halides is 3. The van der Waals surface area contributed by atoms with Crippen LogP contribution in [0.4, 0.5) is 18.0 Å². The third kappa shape index (κ3) is 5.94. The number of benzene rings is 1. The van der Waals surface area contributed by atoms with Gasteiger partial charge in [-0.2, -0.15) is 13.2 Å². The molecule has 0 radical (unpaired) electrons. The van der Waals surface area contributed by atoms with E-state index >= 15 is 0 Å². The average Bonchev–Trinajstić information content (AvgIpc) is 3.21. The fourth-order valence-corrected chi connectivity index (χ4v) is 6.55. The van der Waals surface area contributed by atoms with Crippen LogP contribution in [-0.4, -0.2) is 50.9 Å². The Kier molecular flexibility index (Phi) is 9.58. The van der Waals surface area contributed by atoms with Gasteiger partial charge in [0.15, 0.2) is 5.54 Å². The molecular weight excluding hydrogens is 577 g/mol. The van der Waals surface area contributed by atoms with Crippen LogP contribution in [0.25, 0.3) is 0 Å². The lowest BCUT2D eigenvalue weighted by molar-refractivity contribution is -0.160. The number of methoxy groups -OCH3 is 1. The summed E-state index contributed by atoms with van der Waals surface area (Å²) in [6.45, 7) is 12.0. The molecule has 1 aliphatic rings. The van der Waals surface area contributed by atoms with Crippen LogP contribution in [0.2, 0.25) is 5.02 Å². The molecule has 0 saturated carbocycles. The predicted molar refractivity (Wildman–Crippen MR) is 150 cm³/mol. The highest BCUT2D eigenvalue weighted by Crippen LogP contribution is 2.58. The first kappa shape index (κ1) is 33.2. The smallest absolute Gasteiger partial charge is 0.417 e. The molecule has 1 aromatic carbocycles. The molecule has 5 atom stereocenters. The zero-order valence-electron chi connectivity index (χ0n) is 24.3. The third-order valence-electron chi connectivity index (χ3n) is 7.98. The second-order valence-electron chi connectivity index (χ2n) is 11.7. The van der Waals surface area contributed by atoms with Crippen LogP contribution in [0.1, 0.15) is 62.4 Å². The second kappa shape index (κ2) is 12.1. The molecule has 12 heteroatoms. The van der Waals surface area contributed by atoms with Crippen LogP contribution >= 0.6 is 11.6 Å². The zero-order valence-corrected chi connectivity index (χ0v) is 25.1. The van der Waals surface area contributed by atoms with Crippen molar-refractivity contribution < 1.29 is 42.4 Å². The molecule has 42 heavy (non-hydrogen) atoms. The largest absolute Gasteiger partial charge is 0.481 e. The zero-order chi connectivity index (χ0) is 31.8. The van der Waals surface area contributed by atoms with Gasteiger partial charge >= 0.3 is 18.2 Å². The van der Waals surface area contributed by atoms with Crippen LogP contribution in [0.3, 0.4) is 0 Å². The van der Waals surface area contributed by atoms with E-state index in [1.165, 1.54) is 13.2 Å². The van der Waals surface area contributed by atoms with Gasteiger partial charge in [-0.3, -0.25) is 4.90 Å². The van der Waals surface area contributed by atoms with Crippen molar-refractivity contribution in [2.24, 2.45) is 17.3 Å². The number of nitrogens with zero attached hydrogens (tertiary/aromatic N) is 2. The Morgan fingerprint density at radius 2 is 1.88 bits per heavy atom. The van der Waals surface area contributed by atoms with Gasteiger partial charge in [0.25, 0.3) is 0 Å². The number of carbonyl (C=O) groups is 2. The average molecular weight is 613 g/mol. The van der Waals surface area contributed by atoms with E-state index in [4.69, 9.17) is 21.1 Å². The molecule has 2 N–H and O–H groups in total. The van der Waals surface area contributed by atoms with E-state index in [0.717, 1.165) is 11.0 Å². The van der Waals surface area contributed by atoms with Crippen LogP contribution < -0.4 is 4.74 Å². The van der Waals surface area contributed by atoms with E-state index in [9.17, 15) is 33.0 Å². The van der Waals surface area contributed by atoms with Crippen molar-refractivity contribution in [2.75, 3.05) is 7.11 Å². The maximum atomic E-state index is 13.5. The summed E-state index contributed by atoms with van der Waals surface area (Å²) in [5.74, 6) is -3.23. The molecule has 230 valence electrons. The molecule has 1 aromatic heterocycles. The molecule has 1 fully saturated rings. The fourth-order valence-electron chi connectivity index (χ4n) is 6.37. The number of hydrogen-bond donors (Lipinski definition) is 2. The molecule has 1 aliphatic heterocycles. The van der Waals surface area contributed by atoms with Crippen molar-refractivity contribution in [1.82, 2.24) is 9.88 Å². The highest BCUT2D eigenvalue weighted by atomic mass is 35.5.